The molecular formula is C9H18N2O. The lowest BCUT2D eigenvalue weighted by atomic mass is 10.0. The second-order valence-electron chi connectivity index (χ2n) is 3.26. The lowest BCUT2D eigenvalue weighted by molar-refractivity contribution is -0.140. The molecule has 3 heteroatoms. The molecule has 0 aromatic rings. The summed E-state index contributed by atoms with van der Waals surface area (Å²) >= 11 is 0. The molecule has 0 amide bonds. The summed E-state index contributed by atoms with van der Waals surface area (Å²) in [6.45, 7) is 6.13. The van der Waals surface area contributed by atoms with Gasteiger partial charge in [0.15, 0.2) is 0 Å². The fraction of sp³-hybridized carbons (Fsp3) is 0.778. The van der Waals surface area contributed by atoms with Crippen molar-refractivity contribution in [3.8, 4) is 0 Å². The van der Waals surface area contributed by atoms with E-state index in [0.29, 0.717) is 6.04 Å². The van der Waals surface area contributed by atoms with Crippen LogP contribution in [0, 0.1) is 0 Å². The molecule has 0 aromatic heterocycles. The van der Waals surface area contributed by atoms with Gasteiger partial charge in [0.05, 0.1) is 0 Å². The molecule has 1 saturated heterocycles. The molecule has 0 aromatic carbocycles. The molecule has 1 fully saturated rings. The molecule has 70 valence electrons. The third-order valence-corrected chi connectivity index (χ3v) is 2.26. The summed E-state index contributed by atoms with van der Waals surface area (Å²) in [6.07, 6.45) is 5.29. The Morgan fingerprint density at radius 2 is 2.42 bits per heavy atom. The molecule has 1 rings (SSSR count). The zero-order valence-corrected chi connectivity index (χ0v) is 7.50. The van der Waals surface area contributed by atoms with E-state index in [1.807, 2.05) is 6.08 Å². The largest absolute Gasteiger partial charge is 0.314 e. The molecule has 0 radical (unpaired) electrons. The van der Waals surface area contributed by atoms with E-state index in [4.69, 9.17) is 0 Å². The van der Waals surface area contributed by atoms with Crippen molar-refractivity contribution < 1.29 is 5.21 Å². The Bertz CT molecular complexity index is 138. The Labute approximate surface area is 74.0 Å². The first-order valence-corrected chi connectivity index (χ1v) is 4.61. The Kier molecular flexibility index (Phi) is 4.29. The second kappa shape index (κ2) is 5.30. The number of piperidine rings is 1. The van der Waals surface area contributed by atoms with Crippen LogP contribution in [0.5, 0.6) is 0 Å². The summed E-state index contributed by atoms with van der Waals surface area (Å²) in [6, 6.07) is 0.304. The van der Waals surface area contributed by atoms with Crippen LogP contribution in [-0.2, 0) is 0 Å². The van der Waals surface area contributed by atoms with E-state index in [1.165, 1.54) is 11.5 Å². The zero-order valence-electron chi connectivity index (χ0n) is 7.50. The second-order valence-corrected chi connectivity index (χ2v) is 3.26. The van der Waals surface area contributed by atoms with Gasteiger partial charge in [-0.25, -0.2) is 0 Å². The van der Waals surface area contributed by atoms with Gasteiger partial charge >= 0.3 is 0 Å². The smallest absolute Gasteiger partial charge is 0.0474 e. The van der Waals surface area contributed by atoms with Gasteiger partial charge in [-0.05, 0) is 12.8 Å². The predicted molar refractivity (Wildman–Crippen MR) is 49.2 cm³/mol. The van der Waals surface area contributed by atoms with Gasteiger partial charge in [0.1, 0.15) is 0 Å². The summed E-state index contributed by atoms with van der Waals surface area (Å²) < 4.78 is 0. The Morgan fingerprint density at radius 1 is 1.58 bits per heavy atom. The van der Waals surface area contributed by atoms with Crippen molar-refractivity contribution in [2.75, 3.05) is 19.6 Å². The summed E-state index contributed by atoms with van der Waals surface area (Å²) in [5, 5.41) is 14.1. The fourth-order valence-electron chi connectivity index (χ4n) is 1.54. The topological polar surface area (TPSA) is 35.5 Å². The van der Waals surface area contributed by atoms with E-state index in [9.17, 15) is 5.21 Å². The van der Waals surface area contributed by atoms with Crippen molar-refractivity contribution in [3.63, 3.8) is 0 Å². The molecule has 1 heterocycles. The minimum atomic E-state index is 0.304. The lowest BCUT2D eigenvalue weighted by Crippen LogP contribution is -2.43. The highest BCUT2D eigenvalue weighted by molar-refractivity contribution is 4.76. The van der Waals surface area contributed by atoms with Gasteiger partial charge in [0.2, 0.25) is 0 Å². The van der Waals surface area contributed by atoms with Crippen molar-refractivity contribution in [1.82, 2.24) is 10.4 Å². The van der Waals surface area contributed by atoms with Gasteiger partial charge in [-0.15, -0.1) is 6.58 Å². The van der Waals surface area contributed by atoms with Crippen molar-refractivity contribution in [2.24, 2.45) is 0 Å². The van der Waals surface area contributed by atoms with Crippen LogP contribution in [0.4, 0.5) is 0 Å². The SMILES string of the molecule is C=CCNCC1CCCCN1O. The lowest BCUT2D eigenvalue weighted by Gasteiger charge is -2.30. The first-order valence-electron chi connectivity index (χ1n) is 4.61. The van der Waals surface area contributed by atoms with Crippen molar-refractivity contribution >= 4 is 0 Å². The molecule has 1 atom stereocenters. The maximum absolute atomic E-state index is 9.44. The summed E-state index contributed by atoms with van der Waals surface area (Å²) in [7, 11) is 0. The molecule has 1 unspecified atom stereocenters. The van der Waals surface area contributed by atoms with Crippen molar-refractivity contribution in [1.29, 1.82) is 0 Å². The van der Waals surface area contributed by atoms with E-state index in [1.54, 1.807) is 0 Å². The van der Waals surface area contributed by atoms with Gasteiger partial charge in [0.25, 0.3) is 0 Å². The molecule has 12 heavy (non-hydrogen) atoms. The van der Waals surface area contributed by atoms with E-state index in [2.05, 4.69) is 11.9 Å². The minimum Gasteiger partial charge on any atom is -0.314 e. The van der Waals surface area contributed by atoms with Gasteiger partial charge in [-0.3, -0.25) is 0 Å². The average Bonchev–Trinajstić information content (AvgIpc) is 2.09. The monoisotopic (exact) mass is 170 g/mol. The molecule has 3 nitrogen and oxygen atoms in total. The van der Waals surface area contributed by atoms with Crippen LogP contribution in [0.3, 0.4) is 0 Å². The highest BCUT2D eigenvalue weighted by Gasteiger charge is 2.19. The van der Waals surface area contributed by atoms with Crippen LogP contribution >= 0.6 is 0 Å². The summed E-state index contributed by atoms with van der Waals surface area (Å²) in [4.78, 5) is 0. The number of hydrogen-bond acceptors (Lipinski definition) is 3. The summed E-state index contributed by atoms with van der Waals surface area (Å²) in [5.74, 6) is 0. The zero-order chi connectivity index (χ0) is 8.81. The number of nitrogens with zero attached hydrogens (tertiary/aromatic N) is 1. The van der Waals surface area contributed by atoms with Crippen molar-refractivity contribution in [2.45, 2.75) is 25.3 Å². The van der Waals surface area contributed by atoms with Gasteiger partial charge in [-0.2, -0.15) is 5.06 Å². The average molecular weight is 170 g/mol. The van der Waals surface area contributed by atoms with Crippen LogP contribution < -0.4 is 5.32 Å². The number of hydrogen-bond donors (Lipinski definition) is 2. The standard InChI is InChI=1S/C9H18N2O/c1-2-6-10-8-9-5-3-4-7-11(9)12/h2,9-10,12H,1,3-8H2. The third kappa shape index (κ3) is 2.93. The maximum atomic E-state index is 9.44. The van der Waals surface area contributed by atoms with Crippen LogP contribution in [0.25, 0.3) is 0 Å². The van der Waals surface area contributed by atoms with E-state index < -0.39 is 0 Å². The Morgan fingerprint density at radius 3 is 3.08 bits per heavy atom. The maximum Gasteiger partial charge on any atom is 0.0474 e. The van der Waals surface area contributed by atoms with Gasteiger partial charge in [-0.1, -0.05) is 12.5 Å². The molecule has 2 N–H and O–H groups in total. The van der Waals surface area contributed by atoms with Gasteiger partial charge in [0, 0.05) is 25.7 Å². The highest BCUT2D eigenvalue weighted by Crippen LogP contribution is 2.13. The van der Waals surface area contributed by atoms with Crippen LogP contribution in [-0.4, -0.2) is 35.9 Å². The Hall–Kier alpha value is -0.380. The third-order valence-electron chi connectivity index (χ3n) is 2.26. The van der Waals surface area contributed by atoms with Crippen LogP contribution in [0.2, 0.25) is 0 Å². The molecule has 1 aliphatic heterocycles. The predicted octanol–water partition coefficient (Wildman–Crippen LogP) is 1.01. The van der Waals surface area contributed by atoms with Crippen molar-refractivity contribution in [3.05, 3.63) is 12.7 Å². The molecule has 0 saturated carbocycles. The quantitative estimate of drug-likeness (QED) is 0.488. The first-order chi connectivity index (χ1) is 5.84. The van der Waals surface area contributed by atoms with Gasteiger partial charge < -0.3 is 10.5 Å². The van der Waals surface area contributed by atoms with E-state index >= 15 is 0 Å². The highest BCUT2D eigenvalue weighted by atomic mass is 16.5. The van der Waals surface area contributed by atoms with E-state index in [-0.39, 0.29) is 0 Å². The summed E-state index contributed by atoms with van der Waals surface area (Å²) in [5.41, 5.74) is 0. The number of nitrogens with one attached hydrogen (secondary N) is 1. The molecule has 0 bridgehead atoms. The normalized spacial score (nSPS) is 25.6. The fourth-order valence-corrected chi connectivity index (χ4v) is 1.54. The molecular weight excluding hydrogens is 152 g/mol. The molecule has 0 aliphatic carbocycles. The first kappa shape index (κ1) is 9.71. The molecule has 0 spiro atoms. The molecule has 1 aliphatic rings. The Balaban J connectivity index is 2.15. The van der Waals surface area contributed by atoms with Crippen LogP contribution in [0.1, 0.15) is 19.3 Å². The number of hydroxylamine groups is 2. The van der Waals surface area contributed by atoms with E-state index in [0.717, 1.165) is 32.5 Å². The van der Waals surface area contributed by atoms with Crippen LogP contribution in [0.15, 0.2) is 12.7 Å². The number of rotatable bonds is 4. The minimum absolute atomic E-state index is 0.304.